The van der Waals surface area contributed by atoms with Gasteiger partial charge in [-0.05, 0) is 37.3 Å². The monoisotopic (exact) mass is 445 g/mol. The molecule has 156 valence electrons. The summed E-state index contributed by atoms with van der Waals surface area (Å²) in [5.74, 6) is 1.11. The van der Waals surface area contributed by atoms with Gasteiger partial charge in [0.15, 0.2) is 5.16 Å². The number of anilines is 2. The summed E-state index contributed by atoms with van der Waals surface area (Å²) >= 11 is 7.41. The smallest absolute Gasteiger partial charge is 0.234 e. The molecule has 0 bridgehead atoms. The number of hydrogen-bond donors (Lipinski definition) is 2. The van der Waals surface area contributed by atoms with Crippen molar-refractivity contribution in [3.63, 3.8) is 0 Å². The molecule has 0 saturated carbocycles. The molecule has 3 rings (SSSR count). The Kier molecular flexibility index (Phi) is 6.96. The van der Waals surface area contributed by atoms with E-state index in [1.165, 1.54) is 18.7 Å². The molecule has 0 atom stereocenters. The molecule has 10 heteroatoms. The molecule has 0 aliphatic rings. The number of benzene rings is 2. The number of carbonyl (C=O) groups is 2. The van der Waals surface area contributed by atoms with E-state index in [4.69, 9.17) is 16.3 Å². The van der Waals surface area contributed by atoms with Crippen LogP contribution in [0.4, 0.5) is 11.4 Å². The van der Waals surface area contributed by atoms with Gasteiger partial charge in [0.1, 0.15) is 11.6 Å². The van der Waals surface area contributed by atoms with Gasteiger partial charge in [-0.3, -0.25) is 14.2 Å². The number of aromatic nitrogens is 3. The van der Waals surface area contributed by atoms with Gasteiger partial charge in [-0.15, -0.1) is 10.2 Å². The molecule has 0 radical (unpaired) electrons. The molecule has 1 aromatic heterocycles. The summed E-state index contributed by atoms with van der Waals surface area (Å²) in [4.78, 5) is 23.5. The molecule has 0 saturated heterocycles. The number of ether oxygens (including phenoxy) is 1. The summed E-state index contributed by atoms with van der Waals surface area (Å²) in [5, 5.41) is 14.6. The van der Waals surface area contributed by atoms with E-state index in [1.54, 1.807) is 25.3 Å². The number of amides is 2. The number of thioether (sulfide) groups is 1. The zero-order valence-corrected chi connectivity index (χ0v) is 18.2. The van der Waals surface area contributed by atoms with E-state index >= 15 is 0 Å². The molecular formula is C20H20ClN5O3S. The Bertz CT molecular complexity index is 1090. The second kappa shape index (κ2) is 9.64. The van der Waals surface area contributed by atoms with Crippen LogP contribution in [0.1, 0.15) is 12.7 Å². The highest BCUT2D eigenvalue weighted by Crippen LogP contribution is 2.27. The van der Waals surface area contributed by atoms with Gasteiger partial charge in [-0.25, -0.2) is 0 Å². The second-order valence-electron chi connectivity index (χ2n) is 6.28. The van der Waals surface area contributed by atoms with Crippen LogP contribution in [0, 0.1) is 6.92 Å². The number of nitrogens with one attached hydrogen (secondary N) is 2. The SMILES string of the molecule is COc1cccc(-n2c(C)nnc2SCC(=O)Nc2ccc(NC(C)=O)c(Cl)c2)c1. The first-order chi connectivity index (χ1) is 14.4. The first-order valence-corrected chi connectivity index (χ1v) is 10.3. The van der Waals surface area contributed by atoms with Gasteiger partial charge in [0, 0.05) is 18.7 Å². The van der Waals surface area contributed by atoms with Gasteiger partial charge in [0.05, 0.1) is 29.3 Å². The van der Waals surface area contributed by atoms with Crippen molar-refractivity contribution in [1.82, 2.24) is 14.8 Å². The normalized spacial score (nSPS) is 10.5. The molecule has 30 heavy (non-hydrogen) atoms. The van der Waals surface area contributed by atoms with E-state index in [-0.39, 0.29) is 17.6 Å². The predicted octanol–water partition coefficient (Wildman–Crippen LogP) is 3.93. The van der Waals surface area contributed by atoms with Gasteiger partial charge >= 0.3 is 0 Å². The van der Waals surface area contributed by atoms with Crippen LogP contribution < -0.4 is 15.4 Å². The van der Waals surface area contributed by atoms with Gasteiger partial charge in [0.2, 0.25) is 11.8 Å². The molecule has 3 aromatic rings. The highest BCUT2D eigenvalue weighted by molar-refractivity contribution is 7.99. The number of rotatable bonds is 7. The lowest BCUT2D eigenvalue weighted by molar-refractivity contribution is -0.114. The summed E-state index contributed by atoms with van der Waals surface area (Å²) in [5.41, 5.74) is 1.86. The number of aryl methyl sites for hydroxylation is 1. The Morgan fingerprint density at radius 3 is 2.67 bits per heavy atom. The van der Waals surface area contributed by atoms with E-state index in [2.05, 4.69) is 20.8 Å². The minimum absolute atomic E-state index is 0.132. The zero-order valence-electron chi connectivity index (χ0n) is 16.6. The fourth-order valence-electron chi connectivity index (χ4n) is 2.69. The molecule has 0 spiro atoms. The molecule has 8 nitrogen and oxygen atoms in total. The first kappa shape index (κ1) is 21.7. The van der Waals surface area contributed by atoms with E-state index in [1.807, 2.05) is 35.8 Å². The van der Waals surface area contributed by atoms with Crippen molar-refractivity contribution in [3.05, 3.63) is 53.3 Å². The Hall–Kier alpha value is -3.04. The number of carbonyl (C=O) groups excluding carboxylic acids is 2. The molecule has 0 aliphatic heterocycles. The summed E-state index contributed by atoms with van der Waals surface area (Å²) in [6, 6.07) is 12.4. The van der Waals surface area contributed by atoms with E-state index in [9.17, 15) is 9.59 Å². The summed E-state index contributed by atoms with van der Waals surface area (Å²) < 4.78 is 7.14. The Labute approximate surface area is 183 Å². The van der Waals surface area contributed by atoms with Crippen molar-refractivity contribution in [3.8, 4) is 11.4 Å². The van der Waals surface area contributed by atoms with Crippen molar-refractivity contribution in [2.24, 2.45) is 0 Å². The summed E-state index contributed by atoms with van der Waals surface area (Å²) in [6.07, 6.45) is 0. The second-order valence-corrected chi connectivity index (χ2v) is 7.63. The van der Waals surface area contributed by atoms with Crippen LogP contribution in [-0.2, 0) is 9.59 Å². The molecule has 0 aliphatic carbocycles. The van der Waals surface area contributed by atoms with Crippen LogP contribution in [0.15, 0.2) is 47.6 Å². The molecular weight excluding hydrogens is 426 g/mol. The lowest BCUT2D eigenvalue weighted by atomic mass is 10.2. The topological polar surface area (TPSA) is 98.1 Å². The molecule has 0 fully saturated rings. The Morgan fingerprint density at radius 2 is 1.97 bits per heavy atom. The van der Waals surface area contributed by atoms with Crippen molar-refractivity contribution < 1.29 is 14.3 Å². The maximum absolute atomic E-state index is 12.4. The third-order valence-electron chi connectivity index (χ3n) is 4.00. The third kappa shape index (κ3) is 5.31. The van der Waals surface area contributed by atoms with E-state index in [0.717, 1.165) is 5.69 Å². The number of methoxy groups -OCH3 is 1. The Morgan fingerprint density at radius 1 is 1.17 bits per heavy atom. The van der Waals surface area contributed by atoms with Gasteiger partial charge in [-0.1, -0.05) is 29.4 Å². The van der Waals surface area contributed by atoms with Crippen LogP contribution in [0.3, 0.4) is 0 Å². The van der Waals surface area contributed by atoms with E-state index < -0.39 is 0 Å². The summed E-state index contributed by atoms with van der Waals surface area (Å²) in [7, 11) is 1.60. The van der Waals surface area contributed by atoms with Crippen LogP contribution in [0.2, 0.25) is 5.02 Å². The number of halogens is 1. The van der Waals surface area contributed by atoms with Crippen LogP contribution in [-0.4, -0.2) is 39.4 Å². The van der Waals surface area contributed by atoms with Crippen molar-refractivity contribution in [1.29, 1.82) is 0 Å². The van der Waals surface area contributed by atoms with Crippen molar-refractivity contribution in [2.75, 3.05) is 23.5 Å². The fourth-order valence-corrected chi connectivity index (χ4v) is 3.72. The molecule has 2 amide bonds. The lowest BCUT2D eigenvalue weighted by Crippen LogP contribution is -2.15. The molecule has 2 N–H and O–H groups in total. The van der Waals surface area contributed by atoms with Crippen LogP contribution in [0.25, 0.3) is 5.69 Å². The maximum atomic E-state index is 12.4. The van der Waals surface area contributed by atoms with Crippen molar-refractivity contribution >= 4 is 46.6 Å². The molecule has 2 aromatic carbocycles. The highest BCUT2D eigenvalue weighted by Gasteiger charge is 2.14. The lowest BCUT2D eigenvalue weighted by Gasteiger charge is -2.11. The third-order valence-corrected chi connectivity index (χ3v) is 5.24. The number of hydrogen-bond acceptors (Lipinski definition) is 6. The van der Waals surface area contributed by atoms with Gasteiger partial charge in [-0.2, -0.15) is 0 Å². The zero-order chi connectivity index (χ0) is 21.7. The largest absolute Gasteiger partial charge is 0.497 e. The average Bonchev–Trinajstić information content (AvgIpc) is 3.08. The standard InChI is InChI=1S/C20H20ClN5O3S/c1-12-24-25-20(26(12)15-5-4-6-16(10-15)29-3)30-11-19(28)23-14-7-8-18(17(21)9-14)22-13(2)27/h4-10H,11H2,1-3H3,(H,22,27)(H,23,28). The Balaban J connectivity index is 1.67. The predicted molar refractivity (Wildman–Crippen MR) is 118 cm³/mol. The van der Waals surface area contributed by atoms with Gasteiger partial charge < -0.3 is 15.4 Å². The minimum atomic E-state index is -0.222. The molecule has 0 unspecified atom stereocenters. The summed E-state index contributed by atoms with van der Waals surface area (Å²) in [6.45, 7) is 3.24. The molecule has 1 heterocycles. The minimum Gasteiger partial charge on any atom is -0.497 e. The maximum Gasteiger partial charge on any atom is 0.234 e. The fraction of sp³-hybridized carbons (Fsp3) is 0.200. The van der Waals surface area contributed by atoms with Crippen LogP contribution >= 0.6 is 23.4 Å². The number of nitrogens with zero attached hydrogens (tertiary/aromatic N) is 3. The van der Waals surface area contributed by atoms with E-state index in [0.29, 0.717) is 33.1 Å². The highest BCUT2D eigenvalue weighted by atomic mass is 35.5. The quantitative estimate of drug-likeness (QED) is 0.535. The van der Waals surface area contributed by atoms with Crippen molar-refractivity contribution in [2.45, 2.75) is 19.0 Å². The average molecular weight is 446 g/mol. The van der Waals surface area contributed by atoms with Crippen LogP contribution in [0.5, 0.6) is 5.75 Å². The van der Waals surface area contributed by atoms with Gasteiger partial charge in [0.25, 0.3) is 0 Å². The first-order valence-electron chi connectivity index (χ1n) is 8.93.